The van der Waals surface area contributed by atoms with Gasteiger partial charge in [0.05, 0.1) is 21.3 Å². The molecule has 0 aliphatic carbocycles. The molecular formula is C26H28O13. The number of benzene rings is 3. The molecule has 0 amide bonds. The number of Topliss-reactive ketones (excluding diaryl/α,β-unsaturated/α-hetero) is 2. The Balaban J connectivity index is 0.000000293. The maximum absolute atomic E-state index is 11.2. The third-order valence-corrected chi connectivity index (χ3v) is 4.82. The normalized spacial score (nSPS) is 9.67. The molecule has 0 spiro atoms. The summed E-state index contributed by atoms with van der Waals surface area (Å²) in [5, 5.41) is 63.3. The second kappa shape index (κ2) is 13.8. The summed E-state index contributed by atoms with van der Waals surface area (Å²) in [6.45, 7) is 2.63. The number of ether oxygens (including phenoxy) is 3. The first kappa shape index (κ1) is 31.7. The van der Waals surface area contributed by atoms with Crippen LogP contribution in [0.3, 0.4) is 0 Å². The number of phenols is 6. The van der Waals surface area contributed by atoms with Crippen LogP contribution in [0, 0.1) is 0 Å². The second-order valence-corrected chi connectivity index (χ2v) is 7.54. The predicted molar refractivity (Wildman–Crippen MR) is 136 cm³/mol. The summed E-state index contributed by atoms with van der Waals surface area (Å²) in [4.78, 5) is 32.4. The molecule has 7 N–H and O–H groups in total. The molecule has 39 heavy (non-hydrogen) atoms. The minimum absolute atomic E-state index is 0.0826. The van der Waals surface area contributed by atoms with Crippen LogP contribution in [0.5, 0.6) is 51.7 Å². The third kappa shape index (κ3) is 8.35. The van der Waals surface area contributed by atoms with Crippen molar-refractivity contribution in [2.45, 2.75) is 13.8 Å². The first-order valence-electron chi connectivity index (χ1n) is 10.7. The Morgan fingerprint density at radius 2 is 0.897 bits per heavy atom. The fourth-order valence-electron chi connectivity index (χ4n) is 3.09. The fraction of sp³-hybridized carbons (Fsp3) is 0.192. The molecule has 0 aliphatic heterocycles. The van der Waals surface area contributed by atoms with Crippen LogP contribution in [0.4, 0.5) is 0 Å². The number of carboxylic acid groups (broad SMARTS) is 1. The minimum Gasteiger partial charge on any atom is -0.508 e. The summed E-state index contributed by atoms with van der Waals surface area (Å²) in [6, 6.07) is 7.15. The highest BCUT2D eigenvalue weighted by molar-refractivity contribution is 6.00. The topological polar surface area (TPSA) is 221 Å². The molecule has 0 fully saturated rings. The number of aromatic hydroxyl groups is 6. The number of hydrogen-bond donors (Lipinski definition) is 7. The quantitative estimate of drug-likeness (QED) is 0.220. The molecule has 0 saturated carbocycles. The summed E-state index contributed by atoms with van der Waals surface area (Å²) in [5.41, 5.74) is -0.526. The van der Waals surface area contributed by atoms with Gasteiger partial charge in [-0.05, 0) is 13.8 Å². The number of rotatable bonds is 6. The molecule has 0 atom stereocenters. The first-order chi connectivity index (χ1) is 18.2. The zero-order valence-corrected chi connectivity index (χ0v) is 21.5. The van der Waals surface area contributed by atoms with Gasteiger partial charge in [-0.2, -0.15) is 0 Å². The molecule has 0 bridgehead atoms. The van der Waals surface area contributed by atoms with E-state index in [2.05, 4.69) is 0 Å². The van der Waals surface area contributed by atoms with Crippen molar-refractivity contribution in [2.24, 2.45) is 0 Å². The number of phenolic OH excluding ortho intramolecular Hbond substituents is 4. The average Bonchev–Trinajstić information content (AvgIpc) is 2.82. The van der Waals surface area contributed by atoms with Gasteiger partial charge in [0.1, 0.15) is 68.4 Å². The van der Waals surface area contributed by atoms with Crippen molar-refractivity contribution in [1.82, 2.24) is 0 Å². The number of carbonyl (C=O) groups excluding carboxylic acids is 2. The average molecular weight is 548 g/mol. The number of hydrogen-bond acceptors (Lipinski definition) is 12. The maximum atomic E-state index is 11.2. The van der Waals surface area contributed by atoms with Gasteiger partial charge in [-0.1, -0.05) is 0 Å². The van der Waals surface area contributed by atoms with Crippen molar-refractivity contribution >= 4 is 17.5 Å². The van der Waals surface area contributed by atoms with E-state index in [1.165, 1.54) is 53.4 Å². The molecular weight excluding hydrogens is 520 g/mol. The van der Waals surface area contributed by atoms with Crippen LogP contribution < -0.4 is 14.2 Å². The van der Waals surface area contributed by atoms with Gasteiger partial charge in [0.2, 0.25) is 0 Å². The Morgan fingerprint density at radius 1 is 0.538 bits per heavy atom. The fourth-order valence-corrected chi connectivity index (χ4v) is 3.09. The Labute approximate surface area is 222 Å². The summed E-state index contributed by atoms with van der Waals surface area (Å²) < 4.78 is 14.7. The van der Waals surface area contributed by atoms with E-state index in [1.54, 1.807) is 6.07 Å². The van der Waals surface area contributed by atoms with Crippen molar-refractivity contribution in [1.29, 1.82) is 0 Å². The van der Waals surface area contributed by atoms with E-state index in [4.69, 9.17) is 34.6 Å². The molecule has 3 rings (SSSR count). The number of carboxylic acids is 1. The first-order valence-corrected chi connectivity index (χ1v) is 10.7. The van der Waals surface area contributed by atoms with Crippen LogP contribution in [0.15, 0.2) is 36.4 Å². The molecule has 0 aromatic heterocycles. The van der Waals surface area contributed by atoms with Gasteiger partial charge in [-0.15, -0.1) is 0 Å². The van der Waals surface area contributed by atoms with Crippen LogP contribution in [0.1, 0.15) is 44.9 Å². The summed E-state index contributed by atoms with van der Waals surface area (Å²) in [7, 11) is 4.31. The van der Waals surface area contributed by atoms with Crippen LogP contribution in [0.2, 0.25) is 0 Å². The van der Waals surface area contributed by atoms with E-state index in [0.717, 1.165) is 12.1 Å². The predicted octanol–water partition coefficient (Wildman–Crippen LogP) is 3.42. The molecule has 3 aromatic rings. The van der Waals surface area contributed by atoms with E-state index in [9.17, 15) is 29.7 Å². The number of aromatic carboxylic acids is 1. The van der Waals surface area contributed by atoms with E-state index in [0.29, 0.717) is 17.2 Å². The summed E-state index contributed by atoms with van der Waals surface area (Å²) >= 11 is 0. The van der Waals surface area contributed by atoms with Gasteiger partial charge in [0, 0.05) is 36.4 Å². The van der Waals surface area contributed by atoms with Crippen molar-refractivity contribution in [3.63, 3.8) is 0 Å². The number of methoxy groups -OCH3 is 3. The van der Waals surface area contributed by atoms with Gasteiger partial charge >= 0.3 is 5.97 Å². The second-order valence-electron chi connectivity index (χ2n) is 7.54. The van der Waals surface area contributed by atoms with Gasteiger partial charge in [0.25, 0.3) is 0 Å². The van der Waals surface area contributed by atoms with Crippen molar-refractivity contribution in [3.05, 3.63) is 53.1 Å². The SMILES string of the molecule is COc1cc(O)c(C(C)=O)c(O)c1.COc1cc(O)c(C(C)=O)c(OC)c1.O=C(O)c1c(O)cc(O)cc1O. The van der Waals surface area contributed by atoms with Crippen LogP contribution >= 0.6 is 0 Å². The monoisotopic (exact) mass is 548 g/mol. The molecule has 0 heterocycles. The lowest BCUT2D eigenvalue weighted by Gasteiger charge is -2.09. The molecule has 210 valence electrons. The van der Waals surface area contributed by atoms with E-state index < -0.39 is 34.6 Å². The van der Waals surface area contributed by atoms with E-state index in [1.807, 2.05) is 0 Å². The molecule has 0 radical (unpaired) electrons. The van der Waals surface area contributed by atoms with Crippen molar-refractivity contribution in [2.75, 3.05) is 21.3 Å². The van der Waals surface area contributed by atoms with Gasteiger partial charge in [-0.3, -0.25) is 9.59 Å². The third-order valence-electron chi connectivity index (χ3n) is 4.82. The summed E-state index contributed by atoms with van der Waals surface area (Å²) in [5.74, 6) is -3.43. The summed E-state index contributed by atoms with van der Waals surface area (Å²) in [6.07, 6.45) is 0. The molecule has 0 unspecified atom stereocenters. The minimum atomic E-state index is -1.45. The Kier molecular flexibility index (Phi) is 11.2. The lowest BCUT2D eigenvalue weighted by Crippen LogP contribution is -1.99. The van der Waals surface area contributed by atoms with E-state index in [-0.39, 0.29) is 34.2 Å². The molecule has 0 aliphatic rings. The van der Waals surface area contributed by atoms with Crippen LogP contribution in [-0.4, -0.2) is 74.6 Å². The van der Waals surface area contributed by atoms with Gasteiger partial charge in [0.15, 0.2) is 11.6 Å². The zero-order chi connectivity index (χ0) is 30.0. The lowest BCUT2D eigenvalue weighted by atomic mass is 10.1. The van der Waals surface area contributed by atoms with Gasteiger partial charge < -0.3 is 50.0 Å². The smallest absolute Gasteiger partial charge is 0.343 e. The van der Waals surface area contributed by atoms with E-state index >= 15 is 0 Å². The lowest BCUT2D eigenvalue weighted by molar-refractivity contribution is 0.0689. The van der Waals surface area contributed by atoms with Crippen molar-refractivity contribution in [3.8, 4) is 51.7 Å². The largest absolute Gasteiger partial charge is 0.508 e. The van der Waals surface area contributed by atoms with Crippen LogP contribution in [-0.2, 0) is 0 Å². The number of ketones is 2. The van der Waals surface area contributed by atoms with Crippen molar-refractivity contribution < 1.29 is 64.3 Å². The van der Waals surface area contributed by atoms with Crippen LogP contribution in [0.25, 0.3) is 0 Å². The Hall–Kier alpha value is -5.33. The maximum Gasteiger partial charge on any atom is 0.343 e. The molecule has 13 nitrogen and oxygen atoms in total. The standard InChI is InChI=1S/C10H12O4.C9H10O4.C7H6O5/c1-6(11)10-8(12)4-7(13-2)5-9(10)14-3;1-5(10)9-7(11)3-6(13-2)4-8(9)12;8-3-1-4(9)6(7(11)12)5(10)2-3/h4-5,12H,1-3H3;3-4,11-12H,1-2H3;1-2,8-10H,(H,11,12). The molecule has 13 heteroatoms. The Bertz CT molecular complexity index is 1320. The highest BCUT2D eigenvalue weighted by Gasteiger charge is 2.17. The number of carbonyl (C=O) groups is 3. The zero-order valence-electron chi connectivity index (χ0n) is 21.5. The van der Waals surface area contributed by atoms with Gasteiger partial charge in [-0.25, -0.2) is 4.79 Å². The highest BCUT2D eigenvalue weighted by Crippen LogP contribution is 2.34. The molecule has 0 saturated heterocycles. The molecule has 3 aromatic carbocycles. The Morgan fingerprint density at radius 3 is 1.23 bits per heavy atom. The highest BCUT2D eigenvalue weighted by atomic mass is 16.5.